The van der Waals surface area contributed by atoms with Gasteiger partial charge < -0.3 is 23.5 Å². The maximum absolute atomic E-state index is 12.6. The van der Waals surface area contributed by atoms with E-state index in [1.165, 1.54) is 21.9 Å². The Morgan fingerprint density at radius 3 is 1.39 bits per heavy atom. The van der Waals surface area contributed by atoms with Crippen molar-refractivity contribution >= 4 is 99.5 Å². The van der Waals surface area contributed by atoms with Crippen molar-refractivity contribution in [2.45, 2.75) is 58.3 Å². The minimum Gasteiger partial charge on any atom is -0.310 e. The van der Waals surface area contributed by atoms with Crippen LogP contribution in [0.3, 0.4) is 0 Å². The van der Waals surface area contributed by atoms with Gasteiger partial charge in [-0.1, -0.05) is 266 Å². The van der Waals surface area contributed by atoms with E-state index in [1.807, 2.05) is 36.4 Å². The van der Waals surface area contributed by atoms with E-state index in [2.05, 4.69) is 338 Å². The molecular formula is C100H74N6. The van der Waals surface area contributed by atoms with Crippen molar-refractivity contribution in [2.75, 3.05) is 9.80 Å². The quantitative estimate of drug-likeness (QED) is 0.145. The number of hydrogen-bond donors (Lipinski definition) is 0. The van der Waals surface area contributed by atoms with Crippen LogP contribution < -0.4 is 9.80 Å². The number of fused-ring (bicyclic) bond motifs is 13. The second-order valence-electron chi connectivity index (χ2n) is 30.4. The molecule has 0 bridgehead atoms. The van der Waals surface area contributed by atoms with Gasteiger partial charge >= 0.3 is 0 Å². The van der Waals surface area contributed by atoms with Crippen molar-refractivity contribution in [3.8, 4) is 67.6 Å². The third-order valence-electron chi connectivity index (χ3n) is 22.2. The van der Waals surface area contributed by atoms with Crippen LogP contribution in [-0.2, 0) is 10.8 Å². The summed E-state index contributed by atoms with van der Waals surface area (Å²) in [7, 11) is 0. The molecule has 18 aromatic rings. The third kappa shape index (κ3) is 9.76. The third-order valence-corrected chi connectivity index (χ3v) is 22.2. The molecule has 6 nitrogen and oxygen atoms in total. The average Bonchev–Trinajstić information content (AvgIpc) is 0.924. The van der Waals surface area contributed by atoms with Gasteiger partial charge in [-0.3, -0.25) is 0 Å². The fourth-order valence-corrected chi connectivity index (χ4v) is 17.2. The summed E-state index contributed by atoms with van der Waals surface area (Å²) in [6.45, 7) is 13.7. The summed E-state index contributed by atoms with van der Waals surface area (Å²) in [4.78, 5) is 4.75. The maximum Gasteiger partial charge on any atom is 0.104 e. The molecule has 1 unspecified atom stereocenters. The minimum atomic E-state index is -0.516. The van der Waals surface area contributed by atoms with E-state index in [0.29, 0.717) is 28.2 Å². The highest BCUT2D eigenvalue weighted by Crippen LogP contribution is 2.63. The Kier molecular flexibility index (Phi) is 12.9. The molecule has 0 N–H and O–H groups in total. The molecule has 504 valence electrons. The van der Waals surface area contributed by atoms with E-state index in [1.54, 1.807) is 0 Å². The van der Waals surface area contributed by atoms with Crippen LogP contribution in [0.4, 0.5) is 34.1 Å². The molecule has 0 radical (unpaired) electrons. The van der Waals surface area contributed by atoms with Crippen LogP contribution in [0.15, 0.2) is 334 Å². The number of hydrogen-bond acceptors (Lipinski definition) is 3. The summed E-state index contributed by atoms with van der Waals surface area (Å²) < 4.78 is 53.4. The lowest BCUT2D eigenvalue weighted by Crippen LogP contribution is -2.30. The van der Waals surface area contributed by atoms with Crippen LogP contribution in [-0.4, -0.2) is 13.7 Å². The number of nitriles is 1. The first kappa shape index (κ1) is 57.3. The SMILES string of the molecule is [2H]c1c([2H])c([2H])c(-c2ccc3c(c2)N(c2cccc(-n4c5ccccc5c5c(-c6ccccc6)cccc54)c2C#N)c2cc(-n4c5ccccc5c5ccccc54)cc4c2C3c2ccc(-n3c5ccc(C(C)(C)C)cc5c5cc(C(C)(C)C)ccc53)cc2N4c2cc(-c3ccccc3)cc(-c3ccccc3)c2)c([2H])c1[2H]. The van der Waals surface area contributed by atoms with Gasteiger partial charge in [0.25, 0.3) is 0 Å². The predicted octanol–water partition coefficient (Wildman–Crippen LogP) is 26.9. The molecule has 106 heavy (non-hydrogen) atoms. The van der Waals surface area contributed by atoms with Crippen molar-refractivity contribution < 1.29 is 6.85 Å². The van der Waals surface area contributed by atoms with Crippen molar-refractivity contribution in [1.29, 1.82) is 5.26 Å². The highest BCUT2D eigenvalue weighted by atomic mass is 15.2. The lowest BCUT2D eigenvalue weighted by atomic mass is 9.75. The van der Waals surface area contributed by atoms with Gasteiger partial charge in [-0.2, -0.15) is 5.26 Å². The van der Waals surface area contributed by atoms with E-state index < -0.39 is 24.0 Å². The normalized spacial score (nSPS) is 14.1. The fourth-order valence-electron chi connectivity index (χ4n) is 17.2. The van der Waals surface area contributed by atoms with Gasteiger partial charge in [-0.25, -0.2) is 0 Å². The van der Waals surface area contributed by atoms with Gasteiger partial charge in [-0.15, -0.1) is 0 Å². The van der Waals surface area contributed by atoms with Crippen molar-refractivity contribution in [3.63, 3.8) is 0 Å². The second kappa shape index (κ2) is 23.9. The Hall–Kier alpha value is -13.2. The van der Waals surface area contributed by atoms with E-state index >= 15 is 0 Å². The highest BCUT2D eigenvalue weighted by molar-refractivity contribution is 6.17. The summed E-state index contributed by atoms with van der Waals surface area (Å²) in [5, 5.41) is 19.2. The van der Waals surface area contributed by atoms with Crippen LogP contribution in [0.1, 0.15) is 87.7 Å². The number of aromatic nitrogens is 3. The number of benzene rings is 15. The van der Waals surface area contributed by atoms with Crippen LogP contribution in [0.2, 0.25) is 0 Å². The molecule has 0 spiro atoms. The van der Waals surface area contributed by atoms with Gasteiger partial charge in [0.1, 0.15) is 11.6 Å². The number of rotatable bonds is 9. The zero-order valence-corrected chi connectivity index (χ0v) is 59.6. The Morgan fingerprint density at radius 1 is 0.311 bits per heavy atom. The zero-order chi connectivity index (χ0) is 75.6. The molecule has 0 saturated heterocycles. The number of anilines is 6. The molecule has 3 aromatic heterocycles. The summed E-state index contributed by atoms with van der Waals surface area (Å²) in [5.41, 5.74) is 25.8. The monoisotopic (exact) mass is 1360 g/mol. The average molecular weight is 1360 g/mol. The lowest BCUT2D eigenvalue weighted by Gasteiger charge is -2.46. The molecule has 15 aromatic carbocycles. The Morgan fingerprint density at radius 2 is 0.792 bits per heavy atom. The van der Waals surface area contributed by atoms with Gasteiger partial charge in [0, 0.05) is 55.2 Å². The van der Waals surface area contributed by atoms with Crippen LogP contribution in [0, 0.1) is 11.3 Å². The molecule has 0 saturated carbocycles. The first-order valence-electron chi connectivity index (χ1n) is 39.0. The Balaban J connectivity index is 0.944. The van der Waals surface area contributed by atoms with Crippen molar-refractivity contribution in [2.24, 2.45) is 0 Å². The topological polar surface area (TPSA) is 45.1 Å². The largest absolute Gasteiger partial charge is 0.310 e. The van der Waals surface area contributed by atoms with Crippen LogP contribution in [0.5, 0.6) is 0 Å². The Labute approximate surface area is 624 Å². The Bertz CT molecular complexity index is 6800. The predicted molar refractivity (Wildman–Crippen MR) is 444 cm³/mol. The smallest absolute Gasteiger partial charge is 0.104 e. The summed E-state index contributed by atoms with van der Waals surface area (Å²) >= 11 is 0. The van der Waals surface area contributed by atoms with Gasteiger partial charge in [-0.05, 0) is 187 Å². The molecule has 20 rings (SSSR count). The zero-order valence-electron chi connectivity index (χ0n) is 64.6. The van der Waals surface area contributed by atoms with E-state index in [0.717, 1.165) is 139 Å². The molecule has 0 fully saturated rings. The van der Waals surface area contributed by atoms with Gasteiger partial charge in [0.15, 0.2) is 0 Å². The molecular weight excluding hydrogens is 1290 g/mol. The first-order valence-corrected chi connectivity index (χ1v) is 36.5. The van der Waals surface area contributed by atoms with Gasteiger partial charge in [0.05, 0.1) is 79.8 Å². The first-order chi connectivity index (χ1) is 53.9. The molecule has 1 atom stereocenters. The summed E-state index contributed by atoms with van der Waals surface area (Å²) in [6, 6.07) is 110. The molecule has 5 heterocycles. The minimum absolute atomic E-state index is 0.0748. The van der Waals surface area contributed by atoms with Crippen LogP contribution in [0.25, 0.3) is 127 Å². The second-order valence-corrected chi connectivity index (χ2v) is 30.4. The van der Waals surface area contributed by atoms with Crippen LogP contribution >= 0.6 is 0 Å². The molecule has 0 amide bonds. The molecule has 2 aliphatic heterocycles. The van der Waals surface area contributed by atoms with Crippen molar-refractivity contribution in [1.82, 2.24) is 13.7 Å². The van der Waals surface area contributed by atoms with E-state index in [4.69, 9.17) is 4.11 Å². The van der Waals surface area contributed by atoms with E-state index in [-0.39, 0.29) is 28.5 Å². The number of para-hydroxylation sites is 3. The summed E-state index contributed by atoms with van der Waals surface area (Å²) in [5.74, 6) is -0.516. The van der Waals surface area contributed by atoms with E-state index in [9.17, 15) is 8.00 Å². The standard InChI is InChI=1S/C100H74N6/c1-99(2,3)70-46-51-89-81(57-70)82-58-71(100(4,5)6)47-52-90(82)102(89)72-48-50-80-93(59-72)104(73-54-68(64-29-13-8-14-30-64)53-69(55-73)65-31-15-9-16-32-65)94-60-74(103-84-39-22-19-35-76(84)77-36-20-23-40-85(77)103)61-95-98(94)97(80)79-49-45-67(63-27-11-7-12-28-63)56-92(79)106(95)88-43-26-42-87(83(88)62-101)105-86-41-24-21-37-78(86)96-75(38-25-44-91(96)105)66-33-17-10-18-34-66/h7-61,97H,1-6H3/i7D,11D,12D,27D,28D. The summed E-state index contributed by atoms with van der Waals surface area (Å²) in [6.07, 6.45) is 0. The fraction of sp³-hybridized carbons (Fsp3) is 0.0900. The molecule has 6 heteroatoms. The number of nitrogens with zero attached hydrogens (tertiary/aromatic N) is 6. The molecule has 2 aliphatic rings. The highest BCUT2D eigenvalue weighted by Gasteiger charge is 2.43. The maximum atomic E-state index is 12.6. The van der Waals surface area contributed by atoms with Crippen molar-refractivity contribution in [3.05, 3.63) is 367 Å². The lowest BCUT2D eigenvalue weighted by molar-refractivity contribution is 0.590. The van der Waals surface area contributed by atoms with Gasteiger partial charge in [0.2, 0.25) is 0 Å². The molecule has 0 aliphatic carbocycles.